The van der Waals surface area contributed by atoms with Crippen molar-refractivity contribution >= 4 is 11.6 Å². The molecule has 0 radical (unpaired) electrons. The van der Waals surface area contributed by atoms with Gasteiger partial charge in [0, 0.05) is 13.1 Å². The summed E-state index contributed by atoms with van der Waals surface area (Å²) >= 11 is 0. The normalized spacial score (nSPS) is 25.2. The van der Waals surface area contributed by atoms with Crippen LogP contribution in [0.1, 0.15) is 26.2 Å². The van der Waals surface area contributed by atoms with E-state index in [1.807, 2.05) is 7.05 Å². The Bertz CT molecular complexity index is 326. The highest BCUT2D eigenvalue weighted by atomic mass is 15.1. The molecule has 82 valence electrons. The van der Waals surface area contributed by atoms with Gasteiger partial charge in [0.2, 0.25) is 0 Å². The molecule has 1 aromatic rings. The van der Waals surface area contributed by atoms with E-state index in [1.54, 1.807) is 12.4 Å². The van der Waals surface area contributed by atoms with Crippen LogP contribution < -0.4 is 10.6 Å². The van der Waals surface area contributed by atoms with Crippen molar-refractivity contribution in [2.45, 2.75) is 32.2 Å². The maximum Gasteiger partial charge on any atom is 0.147 e. The van der Waals surface area contributed by atoms with Gasteiger partial charge in [-0.2, -0.15) is 0 Å². The molecule has 1 aliphatic carbocycles. The second kappa shape index (κ2) is 4.47. The Kier molecular flexibility index (Phi) is 3.04. The Labute approximate surface area is 90.5 Å². The number of hydrogen-bond donors (Lipinski definition) is 2. The van der Waals surface area contributed by atoms with Crippen LogP contribution in [-0.4, -0.2) is 23.1 Å². The van der Waals surface area contributed by atoms with Gasteiger partial charge in [0.15, 0.2) is 0 Å². The summed E-state index contributed by atoms with van der Waals surface area (Å²) in [7, 11) is 1.85. The molecule has 0 bridgehead atoms. The number of hydrogen-bond acceptors (Lipinski definition) is 4. The lowest BCUT2D eigenvalue weighted by molar-refractivity contribution is 0.602. The van der Waals surface area contributed by atoms with Gasteiger partial charge >= 0.3 is 0 Å². The third-order valence-corrected chi connectivity index (χ3v) is 2.94. The first kappa shape index (κ1) is 10.2. The van der Waals surface area contributed by atoms with Crippen molar-refractivity contribution in [3.05, 3.63) is 12.4 Å². The van der Waals surface area contributed by atoms with Crippen LogP contribution in [0, 0.1) is 5.92 Å². The van der Waals surface area contributed by atoms with E-state index < -0.39 is 0 Å². The fourth-order valence-corrected chi connectivity index (χ4v) is 2.10. The molecule has 4 heteroatoms. The highest BCUT2D eigenvalue weighted by Crippen LogP contribution is 2.26. The van der Waals surface area contributed by atoms with E-state index in [1.165, 1.54) is 19.3 Å². The van der Waals surface area contributed by atoms with E-state index in [-0.39, 0.29) is 0 Å². The molecule has 2 rings (SSSR count). The van der Waals surface area contributed by atoms with E-state index >= 15 is 0 Å². The summed E-state index contributed by atoms with van der Waals surface area (Å²) < 4.78 is 0. The summed E-state index contributed by atoms with van der Waals surface area (Å²) in [5, 5.41) is 6.42. The van der Waals surface area contributed by atoms with Gasteiger partial charge in [0.05, 0.1) is 12.4 Å². The topological polar surface area (TPSA) is 49.8 Å². The van der Waals surface area contributed by atoms with E-state index in [2.05, 4.69) is 27.5 Å². The minimum Gasteiger partial charge on any atom is -0.372 e. The van der Waals surface area contributed by atoms with Crippen molar-refractivity contribution in [3.8, 4) is 0 Å². The number of aromatic nitrogens is 2. The second-order valence-corrected chi connectivity index (χ2v) is 4.30. The standard InChI is InChI=1S/C11H18N4/c1-8-3-4-9(5-8)14-11-7-13-6-10(12-2)15-11/h6-9H,3-5H2,1-2H3,(H2,12,14,15). The molecule has 1 aromatic heterocycles. The van der Waals surface area contributed by atoms with Gasteiger partial charge in [-0.3, -0.25) is 4.98 Å². The first-order chi connectivity index (χ1) is 7.28. The second-order valence-electron chi connectivity index (χ2n) is 4.30. The lowest BCUT2D eigenvalue weighted by atomic mass is 10.1. The van der Waals surface area contributed by atoms with Crippen LogP contribution in [0.4, 0.5) is 11.6 Å². The summed E-state index contributed by atoms with van der Waals surface area (Å²) in [5.74, 6) is 2.52. The minimum atomic E-state index is 0.571. The fourth-order valence-electron chi connectivity index (χ4n) is 2.10. The molecule has 2 N–H and O–H groups in total. The summed E-state index contributed by atoms with van der Waals surface area (Å²) in [6.45, 7) is 2.30. The van der Waals surface area contributed by atoms with Gasteiger partial charge in [-0.25, -0.2) is 4.98 Å². The van der Waals surface area contributed by atoms with Gasteiger partial charge in [-0.05, 0) is 25.2 Å². The fraction of sp³-hybridized carbons (Fsp3) is 0.636. The van der Waals surface area contributed by atoms with Crippen LogP contribution in [0.25, 0.3) is 0 Å². The lowest BCUT2D eigenvalue weighted by Crippen LogP contribution is -2.16. The van der Waals surface area contributed by atoms with Crippen LogP contribution in [0.15, 0.2) is 12.4 Å². The average Bonchev–Trinajstić information content (AvgIpc) is 2.64. The number of nitrogens with one attached hydrogen (secondary N) is 2. The van der Waals surface area contributed by atoms with Crippen molar-refractivity contribution in [1.29, 1.82) is 0 Å². The number of anilines is 2. The van der Waals surface area contributed by atoms with Crippen LogP contribution in [0.3, 0.4) is 0 Å². The SMILES string of the molecule is CNc1cncc(NC2CCC(C)C2)n1. The lowest BCUT2D eigenvalue weighted by Gasteiger charge is -2.13. The molecule has 1 aliphatic rings. The predicted octanol–water partition coefficient (Wildman–Crippen LogP) is 2.12. The highest BCUT2D eigenvalue weighted by molar-refractivity contribution is 5.41. The third-order valence-electron chi connectivity index (χ3n) is 2.94. The molecule has 1 fully saturated rings. The molecule has 2 atom stereocenters. The zero-order valence-electron chi connectivity index (χ0n) is 9.33. The van der Waals surface area contributed by atoms with E-state index in [4.69, 9.17) is 0 Å². The van der Waals surface area contributed by atoms with Crippen molar-refractivity contribution in [2.75, 3.05) is 17.7 Å². The monoisotopic (exact) mass is 206 g/mol. The van der Waals surface area contributed by atoms with Crippen LogP contribution in [0.5, 0.6) is 0 Å². The minimum absolute atomic E-state index is 0.571. The summed E-state index contributed by atoms with van der Waals surface area (Å²) in [5.41, 5.74) is 0. The molecule has 4 nitrogen and oxygen atoms in total. The van der Waals surface area contributed by atoms with Crippen molar-refractivity contribution in [3.63, 3.8) is 0 Å². The molecule has 0 aromatic carbocycles. The summed E-state index contributed by atoms with van der Waals surface area (Å²) in [4.78, 5) is 8.52. The van der Waals surface area contributed by atoms with Crippen molar-refractivity contribution < 1.29 is 0 Å². The quantitative estimate of drug-likeness (QED) is 0.795. The number of rotatable bonds is 3. The molecule has 15 heavy (non-hydrogen) atoms. The molecule has 0 amide bonds. The zero-order chi connectivity index (χ0) is 10.7. The van der Waals surface area contributed by atoms with E-state index in [0.717, 1.165) is 17.6 Å². The van der Waals surface area contributed by atoms with Crippen molar-refractivity contribution in [2.24, 2.45) is 5.92 Å². The Morgan fingerprint density at radius 2 is 2.07 bits per heavy atom. The first-order valence-corrected chi connectivity index (χ1v) is 5.54. The zero-order valence-corrected chi connectivity index (χ0v) is 9.33. The largest absolute Gasteiger partial charge is 0.372 e. The van der Waals surface area contributed by atoms with Crippen molar-refractivity contribution in [1.82, 2.24) is 9.97 Å². The number of nitrogens with zero attached hydrogens (tertiary/aromatic N) is 2. The van der Waals surface area contributed by atoms with E-state index in [0.29, 0.717) is 6.04 Å². The Morgan fingerprint density at radius 1 is 1.27 bits per heavy atom. The van der Waals surface area contributed by atoms with Gasteiger partial charge in [-0.15, -0.1) is 0 Å². The summed E-state index contributed by atoms with van der Waals surface area (Å²) in [6.07, 6.45) is 7.31. The van der Waals surface area contributed by atoms with Crippen LogP contribution >= 0.6 is 0 Å². The molecular weight excluding hydrogens is 188 g/mol. The molecular formula is C11H18N4. The van der Waals surface area contributed by atoms with Crippen LogP contribution in [0.2, 0.25) is 0 Å². The van der Waals surface area contributed by atoms with Gasteiger partial charge in [0.25, 0.3) is 0 Å². The maximum atomic E-state index is 4.40. The smallest absolute Gasteiger partial charge is 0.147 e. The third kappa shape index (κ3) is 2.58. The molecule has 1 saturated carbocycles. The predicted molar refractivity (Wildman–Crippen MR) is 62.0 cm³/mol. The highest BCUT2D eigenvalue weighted by Gasteiger charge is 2.21. The van der Waals surface area contributed by atoms with Gasteiger partial charge < -0.3 is 10.6 Å². The maximum absolute atomic E-state index is 4.40. The average molecular weight is 206 g/mol. The van der Waals surface area contributed by atoms with E-state index in [9.17, 15) is 0 Å². The molecule has 0 saturated heterocycles. The van der Waals surface area contributed by atoms with Gasteiger partial charge in [0.1, 0.15) is 11.6 Å². The van der Waals surface area contributed by atoms with Crippen LogP contribution in [-0.2, 0) is 0 Å². The Hall–Kier alpha value is -1.32. The Balaban J connectivity index is 1.98. The summed E-state index contributed by atoms with van der Waals surface area (Å²) in [6, 6.07) is 0.571. The molecule has 0 aliphatic heterocycles. The molecule has 0 spiro atoms. The Morgan fingerprint density at radius 3 is 2.73 bits per heavy atom. The first-order valence-electron chi connectivity index (χ1n) is 5.54. The van der Waals surface area contributed by atoms with Gasteiger partial charge in [-0.1, -0.05) is 6.92 Å². The molecule has 2 unspecified atom stereocenters. The molecule has 1 heterocycles.